The Balaban J connectivity index is 1.43. The van der Waals surface area contributed by atoms with Crippen LogP contribution in [0.2, 0.25) is 0 Å². The second-order valence-electron chi connectivity index (χ2n) is 7.55. The number of benzene rings is 2. The first-order chi connectivity index (χ1) is 16.5. The van der Waals surface area contributed by atoms with Gasteiger partial charge in [0, 0.05) is 11.1 Å². The molecule has 0 unspecified atom stereocenters. The molecule has 3 aliphatic heterocycles. The van der Waals surface area contributed by atoms with Gasteiger partial charge in [0.15, 0.2) is 28.2 Å². The van der Waals surface area contributed by atoms with Crippen molar-refractivity contribution < 1.29 is 28.5 Å². The number of allylic oxidation sites excluding steroid dienone is 1. The summed E-state index contributed by atoms with van der Waals surface area (Å²) in [4.78, 5) is 19.3. The van der Waals surface area contributed by atoms with Gasteiger partial charge in [-0.15, -0.1) is 0 Å². The van der Waals surface area contributed by atoms with Crippen LogP contribution in [-0.4, -0.2) is 42.8 Å². The fourth-order valence-corrected chi connectivity index (χ4v) is 4.50. The van der Waals surface area contributed by atoms with E-state index in [0.29, 0.717) is 39.5 Å². The molecule has 2 aromatic rings. The second-order valence-corrected chi connectivity index (χ2v) is 8.76. The van der Waals surface area contributed by atoms with Crippen molar-refractivity contribution in [1.82, 2.24) is 4.90 Å². The summed E-state index contributed by atoms with van der Waals surface area (Å²) >= 11 is 1.37. The van der Waals surface area contributed by atoms with E-state index in [9.17, 15) is 4.79 Å². The van der Waals surface area contributed by atoms with Gasteiger partial charge in [-0.1, -0.05) is 17.8 Å². The molecule has 174 valence electrons. The molecule has 3 aliphatic rings. The highest BCUT2D eigenvalue weighted by Gasteiger charge is 2.33. The lowest BCUT2D eigenvalue weighted by atomic mass is 10.1. The fourth-order valence-electron chi connectivity index (χ4n) is 3.68. The van der Waals surface area contributed by atoms with Crippen LogP contribution in [0.3, 0.4) is 0 Å². The number of hydrogen-bond donors (Lipinski definition) is 1. The lowest BCUT2D eigenvalue weighted by Crippen LogP contribution is -2.35. The van der Waals surface area contributed by atoms with E-state index in [0.717, 1.165) is 10.5 Å². The number of fused-ring (bicyclic) bond motifs is 2. The van der Waals surface area contributed by atoms with Crippen LogP contribution in [-0.2, 0) is 11.4 Å². The van der Waals surface area contributed by atoms with Gasteiger partial charge in [-0.25, -0.2) is 0 Å². The Morgan fingerprint density at radius 2 is 1.88 bits per heavy atom. The number of amides is 1. The maximum Gasteiger partial charge on any atom is 0.283 e. The van der Waals surface area contributed by atoms with Crippen LogP contribution in [0.4, 0.5) is 0 Å². The molecule has 0 radical (unpaired) electrons. The number of carbonyl (C=O) groups is 1. The average molecular weight is 480 g/mol. The molecular formula is C24H21N3O6S. The molecule has 0 fully saturated rings. The van der Waals surface area contributed by atoms with E-state index < -0.39 is 5.91 Å². The number of amidine groups is 2. The highest BCUT2D eigenvalue weighted by molar-refractivity contribution is 8.17. The van der Waals surface area contributed by atoms with Crippen molar-refractivity contribution in [2.24, 2.45) is 4.99 Å². The van der Waals surface area contributed by atoms with Crippen molar-refractivity contribution >= 4 is 34.7 Å². The van der Waals surface area contributed by atoms with E-state index in [-0.39, 0.29) is 24.8 Å². The van der Waals surface area contributed by atoms with Crippen LogP contribution in [0.5, 0.6) is 28.7 Å². The zero-order chi connectivity index (χ0) is 23.8. The number of aliphatic imine (C=N–C) groups is 1. The SMILES string of the molecule is COc1cc(/C=C2/C(=N)N3C=C(C)SC3=NC2=O)cc(OC)c1OCc1ccc2c(c1)OCO2. The molecule has 0 saturated carbocycles. The van der Waals surface area contributed by atoms with Gasteiger partial charge >= 0.3 is 0 Å². The van der Waals surface area contributed by atoms with Gasteiger partial charge in [0.05, 0.1) is 19.8 Å². The number of hydrogen-bond acceptors (Lipinski definition) is 8. The Hall–Kier alpha value is -3.92. The third kappa shape index (κ3) is 3.96. The lowest BCUT2D eigenvalue weighted by Gasteiger charge is -2.22. The van der Waals surface area contributed by atoms with Crippen molar-refractivity contribution in [2.75, 3.05) is 21.0 Å². The van der Waals surface area contributed by atoms with E-state index in [2.05, 4.69) is 4.99 Å². The molecule has 0 saturated heterocycles. The third-order valence-electron chi connectivity index (χ3n) is 5.31. The Morgan fingerprint density at radius 3 is 2.62 bits per heavy atom. The molecule has 2 aromatic carbocycles. The zero-order valence-corrected chi connectivity index (χ0v) is 19.5. The Kier molecular flexibility index (Phi) is 5.66. The predicted octanol–water partition coefficient (Wildman–Crippen LogP) is 4.18. The Labute approximate surface area is 200 Å². The summed E-state index contributed by atoms with van der Waals surface area (Å²) in [6.45, 7) is 2.37. The Morgan fingerprint density at radius 1 is 1.15 bits per heavy atom. The number of thioether (sulfide) groups is 1. The van der Waals surface area contributed by atoms with Crippen LogP contribution < -0.4 is 23.7 Å². The monoisotopic (exact) mass is 479 g/mol. The first-order valence-corrected chi connectivity index (χ1v) is 11.1. The lowest BCUT2D eigenvalue weighted by molar-refractivity contribution is -0.114. The van der Waals surface area contributed by atoms with Gasteiger partial charge < -0.3 is 23.7 Å². The molecule has 0 atom stereocenters. The molecule has 0 spiro atoms. The van der Waals surface area contributed by atoms with Gasteiger partial charge in [0.25, 0.3) is 5.91 Å². The van der Waals surface area contributed by atoms with Gasteiger partial charge in [0.1, 0.15) is 12.4 Å². The van der Waals surface area contributed by atoms with Gasteiger partial charge in [-0.2, -0.15) is 4.99 Å². The first-order valence-electron chi connectivity index (χ1n) is 10.3. The number of rotatable bonds is 6. The molecule has 10 heteroatoms. The van der Waals surface area contributed by atoms with E-state index in [4.69, 9.17) is 29.1 Å². The van der Waals surface area contributed by atoms with Crippen molar-refractivity contribution in [3.63, 3.8) is 0 Å². The van der Waals surface area contributed by atoms with Crippen LogP contribution in [0.25, 0.3) is 6.08 Å². The summed E-state index contributed by atoms with van der Waals surface area (Å²) in [5.41, 5.74) is 1.68. The first kappa shape index (κ1) is 21.9. The third-order valence-corrected chi connectivity index (χ3v) is 6.20. The van der Waals surface area contributed by atoms with Crippen molar-refractivity contribution in [1.29, 1.82) is 5.41 Å². The number of nitrogens with zero attached hydrogens (tertiary/aromatic N) is 2. The van der Waals surface area contributed by atoms with Crippen molar-refractivity contribution in [3.05, 3.63) is 58.1 Å². The number of nitrogens with one attached hydrogen (secondary N) is 1. The van der Waals surface area contributed by atoms with Crippen LogP contribution in [0.1, 0.15) is 18.1 Å². The predicted molar refractivity (Wildman–Crippen MR) is 128 cm³/mol. The summed E-state index contributed by atoms with van der Waals surface area (Å²) in [7, 11) is 3.05. The van der Waals surface area contributed by atoms with Crippen LogP contribution in [0, 0.1) is 5.41 Å². The molecule has 5 rings (SSSR count). The minimum absolute atomic E-state index is 0.0698. The van der Waals surface area contributed by atoms with Crippen LogP contribution >= 0.6 is 11.8 Å². The fraction of sp³-hybridized carbons (Fsp3) is 0.208. The van der Waals surface area contributed by atoms with E-state index in [1.165, 1.54) is 26.0 Å². The highest BCUT2D eigenvalue weighted by Crippen LogP contribution is 2.41. The smallest absolute Gasteiger partial charge is 0.283 e. The molecular weight excluding hydrogens is 458 g/mol. The van der Waals surface area contributed by atoms with Crippen LogP contribution in [0.15, 0.2) is 52.0 Å². The maximum atomic E-state index is 12.6. The normalized spacial score (nSPS) is 17.5. The molecule has 0 bridgehead atoms. The summed E-state index contributed by atoms with van der Waals surface area (Å²) in [5.74, 6) is 2.26. The number of carbonyl (C=O) groups excluding carboxylic acids is 1. The quantitative estimate of drug-likeness (QED) is 0.616. The topological polar surface area (TPSA) is 103 Å². The standard InChI is InChI=1S/C24H21N3O6S/c1-13-10-27-22(25)16(23(28)26-24(27)34-13)6-15-8-19(29-2)21(20(9-15)30-3)31-11-14-4-5-17-18(7-14)33-12-32-17/h4-10,25H,11-12H2,1-3H3/b16-6-,25-22?. The van der Waals surface area contributed by atoms with E-state index in [1.54, 1.807) is 29.3 Å². The minimum Gasteiger partial charge on any atom is -0.493 e. The molecule has 0 aliphatic carbocycles. The molecule has 34 heavy (non-hydrogen) atoms. The number of ether oxygens (including phenoxy) is 5. The van der Waals surface area contributed by atoms with Gasteiger partial charge in [-0.05, 0) is 48.4 Å². The highest BCUT2D eigenvalue weighted by atomic mass is 32.2. The second kappa shape index (κ2) is 8.79. The molecule has 0 aromatic heterocycles. The summed E-state index contributed by atoms with van der Waals surface area (Å²) in [5, 5.41) is 8.98. The zero-order valence-electron chi connectivity index (χ0n) is 18.7. The summed E-state index contributed by atoms with van der Waals surface area (Å²) < 4.78 is 27.9. The van der Waals surface area contributed by atoms with Gasteiger partial charge in [-0.3, -0.25) is 15.1 Å². The van der Waals surface area contributed by atoms with E-state index in [1.807, 2.05) is 25.1 Å². The van der Waals surface area contributed by atoms with Crippen molar-refractivity contribution in [2.45, 2.75) is 13.5 Å². The molecule has 3 heterocycles. The van der Waals surface area contributed by atoms with Crippen molar-refractivity contribution in [3.8, 4) is 28.7 Å². The number of methoxy groups -OCH3 is 2. The summed E-state index contributed by atoms with van der Waals surface area (Å²) in [6, 6.07) is 9.05. The van der Waals surface area contributed by atoms with E-state index >= 15 is 0 Å². The minimum atomic E-state index is -0.465. The average Bonchev–Trinajstić information content (AvgIpc) is 3.45. The maximum absolute atomic E-state index is 12.6. The molecule has 1 N–H and O–H groups in total. The summed E-state index contributed by atoms with van der Waals surface area (Å²) in [6.07, 6.45) is 3.39. The molecule has 1 amide bonds. The Bertz CT molecular complexity index is 1270. The largest absolute Gasteiger partial charge is 0.493 e. The molecule has 9 nitrogen and oxygen atoms in total. The van der Waals surface area contributed by atoms with Gasteiger partial charge in [0.2, 0.25) is 12.5 Å².